The van der Waals surface area contributed by atoms with Crippen molar-refractivity contribution in [3.63, 3.8) is 0 Å². The normalized spacial score (nSPS) is 8.67. The second kappa shape index (κ2) is 8.04. The number of benzene rings is 1. The van der Waals surface area contributed by atoms with Gasteiger partial charge in [-0.05, 0) is 30.5 Å². The summed E-state index contributed by atoms with van der Waals surface area (Å²) in [5.41, 5.74) is 1.12. The summed E-state index contributed by atoms with van der Waals surface area (Å²) in [5.74, 6) is 0.236. The highest BCUT2D eigenvalue weighted by Gasteiger charge is 1.99. The summed E-state index contributed by atoms with van der Waals surface area (Å²) in [6.07, 6.45) is 3.55. The van der Waals surface area contributed by atoms with Crippen LogP contribution in [0.1, 0.15) is 25.3 Å². The molecule has 0 aliphatic rings. The summed E-state index contributed by atoms with van der Waals surface area (Å²) >= 11 is 5.91. The zero-order valence-corrected chi connectivity index (χ0v) is 9.25. The molecule has 0 aliphatic carbocycles. The molecule has 0 atom stereocenters. The maximum absolute atomic E-state index is 9.08. The molecule has 0 aliphatic heterocycles. The predicted molar refractivity (Wildman–Crippen MR) is 56.7 cm³/mol. The first-order chi connectivity index (χ1) is 7.15. The maximum Gasteiger partial charge on any atom is 0.373 e. The van der Waals surface area contributed by atoms with Crippen molar-refractivity contribution in [1.29, 1.82) is 0 Å². The van der Waals surface area contributed by atoms with Crippen molar-refractivity contribution in [3.8, 4) is 5.75 Å². The summed E-state index contributed by atoms with van der Waals surface area (Å²) in [7, 11) is 0. The molecule has 0 spiro atoms. The zero-order valence-electron chi connectivity index (χ0n) is 8.50. The molecule has 0 fully saturated rings. The fourth-order valence-corrected chi connectivity index (χ4v) is 1.38. The lowest BCUT2D eigenvalue weighted by Gasteiger charge is -2.02. The third-order valence-corrected chi connectivity index (χ3v) is 2.19. The molecule has 0 aromatic heterocycles. The van der Waals surface area contributed by atoms with Crippen molar-refractivity contribution < 1.29 is 14.7 Å². The van der Waals surface area contributed by atoms with Crippen LogP contribution in [0, 0.1) is 0 Å². The van der Waals surface area contributed by atoms with E-state index in [0.29, 0.717) is 5.02 Å². The van der Waals surface area contributed by atoms with Gasteiger partial charge in [-0.3, -0.25) is 0 Å². The molecule has 0 saturated carbocycles. The zero-order chi connectivity index (χ0) is 11.7. The number of aromatic hydroxyl groups is 1. The Kier molecular flexibility index (Phi) is 7.33. The third kappa shape index (κ3) is 5.89. The van der Waals surface area contributed by atoms with Crippen molar-refractivity contribution in [1.82, 2.24) is 0 Å². The lowest BCUT2D eigenvalue weighted by molar-refractivity contribution is -0.191. The van der Waals surface area contributed by atoms with Gasteiger partial charge in [-0.1, -0.05) is 31.0 Å². The largest absolute Gasteiger partial charge is 0.508 e. The summed E-state index contributed by atoms with van der Waals surface area (Å²) in [4.78, 5) is 16.2. The van der Waals surface area contributed by atoms with Crippen molar-refractivity contribution in [3.05, 3.63) is 28.8 Å². The van der Waals surface area contributed by atoms with Crippen molar-refractivity contribution in [2.75, 3.05) is 0 Å². The van der Waals surface area contributed by atoms with Crippen LogP contribution in [0.15, 0.2) is 18.2 Å². The van der Waals surface area contributed by atoms with Gasteiger partial charge in [-0.2, -0.15) is 9.59 Å². The van der Waals surface area contributed by atoms with Gasteiger partial charge in [-0.15, -0.1) is 0 Å². The smallest absolute Gasteiger partial charge is 0.373 e. The average molecular weight is 229 g/mol. The number of phenolic OH excluding ortho intramolecular Hbond substituents is 1. The molecular weight excluding hydrogens is 216 g/mol. The minimum atomic E-state index is 0.236. The van der Waals surface area contributed by atoms with E-state index >= 15 is 0 Å². The van der Waals surface area contributed by atoms with Crippen LogP contribution in [-0.2, 0) is 16.0 Å². The Balaban J connectivity index is 0.000000583. The number of hydrogen-bond donors (Lipinski definition) is 1. The highest BCUT2D eigenvalue weighted by molar-refractivity contribution is 6.31. The molecule has 0 radical (unpaired) electrons. The van der Waals surface area contributed by atoms with Gasteiger partial charge >= 0.3 is 6.15 Å². The first kappa shape index (κ1) is 13.7. The summed E-state index contributed by atoms with van der Waals surface area (Å²) in [6, 6.07) is 5.15. The van der Waals surface area contributed by atoms with Crippen LogP contribution < -0.4 is 0 Å². The summed E-state index contributed by atoms with van der Waals surface area (Å²) < 4.78 is 0. The maximum atomic E-state index is 9.08. The molecule has 1 N–H and O–H groups in total. The summed E-state index contributed by atoms with van der Waals surface area (Å²) in [6.45, 7) is 2.15. The van der Waals surface area contributed by atoms with E-state index < -0.39 is 0 Å². The van der Waals surface area contributed by atoms with Crippen molar-refractivity contribution in [2.24, 2.45) is 0 Å². The molecule has 1 rings (SSSR count). The molecule has 15 heavy (non-hydrogen) atoms. The molecule has 82 valence electrons. The summed E-state index contributed by atoms with van der Waals surface area (Å²) in [5, 5.41) is 9.75. The van der Waals surface area contributed by atoms with Crippen LogP contribution in [0.25, 0.3) is 0 Å². The molecule has 0 amide bonds. The number of hydrogen-bond acceptors (Lipinski definition) is 3. The number of phenols is 1. The van der Waals surface area contributed by atoms with Crippen molar-refractivity contribution in [2.45, 2.75) is 26.2 Å². The fraction of sp³-hybridized carbons (Fsp3) is 0.364. The predicted octanol–water partition coefficient (Wildman–Crippen LogP) is 2.80. The molecule has 0 bridgehead atoms. The van der Waals surface area contributed by atoms with Crippen LogP contribution in [-0.4, -0.2) is 11.3 Å². The minimum absolute atomic E-state index is 0.236. The van der Waals surface area contributed by atoms with Crippen LogP contribution in [0.2, 0.25) is 5.02 Å². The average Bonchev–Trinajstić information content (AvgIpc) is 2.18. The SMILES string of the molecule is CCCCc1ccc(O)cc1Cl.O=C=O. The van der Waals surface area contributed by atoms with Gasteiger partial charge in [0.05, 0.1) is 0 Å². The Hall–Kier alpha value is -1.31. The monoisotopic (exact) mass is 228 g/mol. The first-order valence-corrected chi connectivity index (χ1v) is 5.00. The van der Waals surface area contributed by atoms with Crippen molar-refractivity contribution >= 4 is 17.8 Å². The van der Waals surface area contributed by atoms with Crippen LogP contribution in [0.5, 0.6) is 5.75 Å². The highest BCUT2D eigenvalue weighted by Crippen LogP contribution is 2.22. The number of halogens is 1. The van der Waals surface area contributed by atoms with Gasteiger partial charge in [0.25, 0.3) is 0 Å². The van der Waals surface area contributed by atoms with Gasteiger partial charge in [0.1, 0.15) is 5.75 Å². The molecule has 0 unspecified atom stereocenters. The van der Waals surface area contributed by atoms with E-state index in [0.717, 1.165) is 24.8 Å². The minimum Gasteiger partial charge on any atom is -0.508 e. The number of carbonyl (C=O) groups excluding carboxylic acids is 2. The molecule has 1 aromatic rings. The second-order valence-corrected chi connectivity index (χ2v) is 3.37. The lowest BCUT2D eigenvalue weighted by atomic mass is 10.1. The van der Waals surface area contributed by atoms with E-state index in [4.69, 9.17) is 26.3 Å². The number of unbranched alkanes of at least 4 members (excludes halogenated alkanes) is 1. The van der Waals surface area contributed by atoms with E-state index in [1.165, 1.54) is 0 Å². The van der Waals surface area contributed by atoms with Gasteiger partial charge in [0.15, 0.2) is 0 Å². The van der Waals surface area contributed by atoms with E-state index in [1.807, 2.05) is 6.07 Å². The van der Waals surface area contributed by atoms with E-state index in [1.54, 1.807) is 12.1 Å². The molecular formula is C11H13ClO3. The number of rotatable bonds is 3. The molecule has 0 heterocycles. The van der Waals surface area contributed by atoms with E-state index in [-0.39, 0.29) is 11.9 Å². The Morgan fingerprint density at radius 3 is 2.47 bits per heavy atom. The third-order valence-electron chi connectivity index (χ3n) is 1.84. The highest BCUT2D eigenvalue weighted by atomic mass is 35.5. The molecule has 3 nitrogen and oxygen atoms in total. The first-order valence-electron chi connectivity index (χ1n) is 4.62. The van der Waals surface area contributed by atoms with Gasteiger partial charge in [0, 0.05) is 5.02 Å². The van der Waals surface area contributed by atoms with Gasteiger partial charge in [0.2, 0.25) is 0 Å². The Morgan fingerprint density at radius 1 is 1.40 bits per heavy atom. The Labute approximate surface area is 93.7 Å². The lowest BCUT2D eigenvalue weighted by Crippen LogP contribution is -1.85. The fourth-order valence-electron chi connectivity index (χ4n) is 1.11. The Bertz CT molecular complexity index is 331. The quantitative estimate of drug-likeness (QED) is 0.866. The second-order valence-electron chi connectivity index (χ2n) is 2.96. The van der Waals surface area contributed by atoms with E-state index in [9.17, 15) is 0 Å². The topological polar surface area (TPSA) is 54.4 Å². The Morgan fingerprint density at radius 2 is 2.00 bits per heavy atom. The van der Waals surface area contributed by atoms with Crippen LogP contribution >= 0.6 is 11.6 Å². The standard InChI is InChI=1S/C10H13ClO.CO2/c1-2-3-4-8-5-6-9(12)7-10(8)11;2-1-3/h5-7,12H,2-4H2,1H3;. The van der Waals surface area contributed by atoms with Gasteiger partial charge in [-0.25, -0.2) is 0 Å². The van der Waals surface area contributed by atoms with Crippen LogP contribution in [0.3, 0.4) is 0 Å². The van der Waals surface area contributed by atoms with Crippen LogP contribution in [0.4, 0.5) is 0 Å². The number of aryl methyl sites for hydroxylation is 1. The molecule has 1 aromatic carbocycles. The molecule has 4 heteroatoms. The van der Waals surface area contributed by atoms with E-state index in [2.05, 4.69) is 6.92 Å². The van der Waals surface area contributed by atoms with Gasteiger partial charge < -0.3 is 5.11 Å². The molecule has 0 saturated heterocycles.